The molecule has 3 heterocycles. The summed E-state index contributed by atoms with van der Waals surface area (Å²) in [5.74, 6) is 1.29. The summed E-state index contributed by atoms with van der Waals surface area (Å²) in [7, 11) is 0. The Hall–Kier alpha value is -2.73. The molecule has 4 rings (SSSR count). The summed E-state index contributed by atoms with van der Waals surface area (Å²) in [5.41, 5.74) is 2.85. The first-order valence-electron chi connectivity index (χ1n) is 7.92. The van der Waals surface area contributed by atoms with Crippen molar-refractivity contribution in [3.05, 3.63) is 63.2 Å². The Labute approximate surface area is 149 Å². The third kappa shape index (κ3) is 3.13. The Morgan fingerprint density at radius 2 is 1.96 bits per heavy atom. The van der Waals surface area contributed by atoms with E-state index in [9.17, 15) is 4.79 Å². The third-order valence-electron chi connectivity index (χ3n) is 3.95. The number of nitrogens with one attached hydrogen (secondary N) is 1. The van der Waals surface area contributed by atoms with E-state index in [1.807, 2.05) is 19.1 Å². The molecule has 6 nitrogen and oxygen atoms in total. The van der Waals surface area contributed by atoms with Gasteiger partial charge in [-0.3, -0.25) is 9.20 Å². The second-order valence-corrected chi connectivity index (χ2v) is 6.26. The molecule has 25 heavy (non-hydrogen) atoms. The van der Waals surface area contributed by atoms with Crippen molar-refractivity contribution >= 4 is 22.9 Å². The summed E-state index contributed by atoms with van der Waals surface area (Å²) in [6.07, 6.45) is 1.78. The molecule has 2 aromatic heterocycles. The van der Waals surface area contributed by atoms with E-state index in [2.05, 4.69) is 10.3 Å². The Morgan fingerprint density at radius 1 is 1.20 bits per heavy atom. The third-order valence-corrected chi connectivity index (χ3v) is 4.27. The van der Waals surface area contributed by atoms with Gasteiger partial charge in [0, 0.05) is 24.4 Å². The molecule has 0 unspecified atom stereocenters. The number of anilines is 1. The van der Waals surface area contributed by atoms with Crippen LogP contribution in [-0.2, 0) is 6.54 Å². The van der Waals surface area contributed by atoms with Crippen molar-refractivity contribution in [3.63, 3.8) is 0 Å². The van der Waals surface area contributed by atoms with E-state index < -0.39 is 0 Å². The zero-order chi connectivity index (χ0) is 17.4. The van der Waals surface area contributed by atoms with Crippen LogP contribution >= 0.6 is 11.6 Å². The van der Waals surface area contributed by atoms with Crippen LogP contribution in [0.5, 0.6) is 11.5 Å². The van der Waals surface area contributed by atoms with Crippen LogP contribution in [0.15, 0.2) is 41.3 Å². The molecule has 0 aliphatic carbocycles. The predicted octanol–water partition coefficient (Wildman–Crippen LogP) is 3.04. The van der Waals surface area contributed by atoms with Gasteiger partial charge in [0.2, 0.25) is 0 Å². The van der Waals surface area contributed by atoms with Crippen LogP contribution < -0.4 is 20.3 Å². The molecule has 0 atom stereocenters. The fourth-order valence-electron chi connectivity index (χ4n) is 2.73. The Morgan fingerprint density at radius 3 is 2.76 bits per heavy atom. The minimum absolute atomic E-state index is 0.112. The molecule has 1 N–H and O–H groups in total. The lowest BCUT2D eigenvalue weighted by molar-refractivity contribution is 0.171. The molecular weight excluding hydrogens is 342 g/mol. The summed E-state index contributed by atoms with van der Waals surface area (Å²) in [5, 5.41) is 3.73. The summed E-state index contributed by atoms with van der Waals surface area (Å²) in [6.45, 7) is 3.33. The van der Waals surface area contributed by atoms with Crippen molar-refractivity contribution in [1.29, 1.82) is 0 Å². The van der Waals surface area contributed by atoms with Gasteiger partial charge < -0.3 is 14.8 Å². The lowest BCUT2D eigenvalue weighted by atomic mass is 10.2. The van der Waals surface area contributed by atoms with E-state index in [4.69, 9.17) is 21.1 Å². The zero-order valence-electron chi connectivity index (χ0n) is 13.6. The van der Waals surface area contributed by atoms with E-state index in [0.29, 0.717) is 53.3 Å². The highest BCUT2D eigenvalue weighted by Crippen LogP contribution is 2.38. The van der Waals surface area contributed by atoms with Gasteiger partial charge in [0.05, 0.1) is 22.9 Å². The van der Waals surface area contributed by atoms with Crippen LogP contribution in [0.2, 0.25) is 5.02 Å². The number of hydrogen-bond donors (Lipinski definition) is 1. The molecule has 0 fully saturated rings. The number of halogens is 1. The summed E-state index contributed by atoms with van der Waals surface area (Å²) < 4.78 is 12.6. The highest BCUT2D eigenvalue weighted by molar-refractivity contribution is 6.33. The lowest BCUT2D eigenvalue weighted by Gasteiger charge is -2.20. The van der Waals surface area contributed by atoms with Crippen LogP contribution in [-0.4, -0.2) is 22.6 Å². The average molecular weight is 358 g/mol. The quantitative estimate of drug-likeness (QED) is 0.780. The van der Waals surface area contributed by atoms with Gasteiger partial charge in [-0.05, 0) is 18.6 Å². The molecule has 7 heteroatoms. The number of benzene rings is 1. The SMILES string of the molecule is Cc1ccc2nc(CNc3cc4c(cc3Cl)OCCO4)cc(=O)n2c1. The van der Waals surface area contributed by atoms with Crippen molar-refractivity contribution in [2.24, 2.45) is 0 Å². The minimum atomic E-state index is -0.112. The minimum Gasteiger partial charge on any atom is -0.486 e. The van der Waals surface area contributed by atoms with Crippen LogP contribution in [0.4, 0.5) is 5.69 Å². The molecule has 0 saturated carbocycles. The van der Waals surface area contributed by atoms with E-state index >= 15 is 0 Å². The molecule has 128 valence electrons. The molecule has 1 aromatic carbocycles. The number of aryl methyl sites for hydroxylation is 1. The Kier molecular flexibility index (Phi) is 3.97. The molecule has 0 saturated heterocycles. The van der Waals surface area contributed by atoms with E-state index in [0.717, 1.165) is 5.56 Å². The number of fused-ring (bicyclic) bond motifs is 2. The molecule has 1 aliphatic heterocycles. The summed E-state index contributed by atoms with van der Waals surface area (Å²) in [4.78, 5) is 16.8. The van der Waals surface area contributed by atoms with Gasteiger partial charge in [-0.1, -0.05) is 17.7 Å². The van der Waals surface area contributed by atoms with Gasteiger partial charge in [0.1, 0.15) is 18.9 Å². The number of ether oxygens (including phenoxy) is 2. The van der Waals surface area contributed by atoms with Gasteiger partial charge in [-0.15, -0.1) is 0 Å². The van der Waals surface area contributed by atoms with E-state index in [1.165, 1.54) is 10.5 Å². The van der Waals surface area contributed by atoms with Gasteiger partial charge in [0.25, 0.3) is 5.56 Å². The molecule has 0 spiro atoms. The van der Waals surface area contributed by atoms with Gasteiger partial charge in [0.15, 0.2) is 11.5 Å². The van der Waals surface area contributed by atoms with Crippen LogP contribution in [0.3, 0.4) is 0 Å². The van der Waals surface area contributed by atoms with E-state index in [-0.39, 0.29) is 5.56 Å². The zero-order valence-corrected chi connectivity index (χ0v) is 14.3. The maximum atomic E-state index is 12.3. The maximum Gasteiger partial charge on any atom is 0.258 e. The molecule has 0 amide bonds. The highest BCUT2D eigenvalue weighted by Gasteiger charge is 2.15. The number of rotatable bonds is 3. The predicted molar refractivity (Wildman–Crippen MR) is 96.0 cm³/mol. The standard InChI is InChI=1S/C18H16ClN3O3/c1-11-2-3-17-21-12(6-18(23)22(17)10-11)9-20-14-8-16-15(7-13(14)19)24-4-5-25-16/h2-3,6-8,10,20H,4-5,9H2,1H3. The molecular formula is C18H16ClN3O3. The number of aromatic nitrogens is 2. The fraction of sp³-hybridized carbons (Fsp3) is 0.222. The molecule has 1 aliphatic rings. The Bertz CT molecular complexity index is 1020. The molecule has 0 bridgehead atoms. The maximum absolute atomic E-state index is 12.3. The van der Waals surface area contributed by atoms with Crippen LogP contribution in [0.25, 0.3) is 5.65 Å². The van der Waals surface area contributed by atoms with Crippen molar-refractivity contribution in [2.75, 3.05) is 18.5 Å². The number of hydrogen-bond acceptors (Lipinski definition) is 5. The average Bonchev–Trinajstić information content (AvgIpc) is 2.60. The van der Waals surface area contributed by atoms with Gasteiger partial charge >= 0.3 is 0 Å². The normalized spacial score (nSPS) is 13.0. The van der Waals surface area contributed by atoms with Gasteiger partial charge in [-0.2, -0.15) is 0 Å². The van der Waals surface area contributed by atoms with Crippen molar-refractivity contribution in [3.8, 4) is 11.5 Å². The highest BCUT2D eigenvalue weighted by atomic mass is 35.5. The van der Waals surface area contributed by atoms with E-state index in [1.54, 1.807) is 18.3 Å². The number of pyridine rings is 1. The second-order valence-electron chi connectivity index (χ2n) is 5.85. The van der Waals surface area contributed by atoms with Gasteiger partial charge in [-0.25, -0.2) is 4.98 Å². The van der Waals surface area contributed by atoms with Crippen molar-refractivity contribution in [1.82, 2.24) is 9.38 Å². The first-order valence-corrected chi connectivity index (χ1v) is 8.30. The molecule has 0 radical (unpaired) electrons. The largest absolute Gasteiger partial charge is 0.486 e. The summed E-state index contributed by atoms with van der Waals surface area (Å²) >= 11 is 6.29. The topological polar surface area (TPSA) is 64.9 Å². The van der Waals surface area contributed by atoms with Crippen LogP contribution in [0.1, 0.15) is 11.3 Å². The monoisotopic (exact) mass is 357 g/mol. The summed E-state index contributed by atoms with van der Waals surface area (Å²) in [6, 6.07) is 8.80. The second kappa shape index (κ2) is 6.29. The number of nitrogens with zero attached hydrogens (tertiary/aromatic N) is 2. The van der Waals surface area contributed by atoms with Crippen LogP contribution in [0, 0.1) is 6.92 Å². The fourth-order valence-corrected chi connectivity index (χ4v) is 2.95. The lowest BCUT2D eigenvalue weighted by Crippen LogP contribution is -2.17. The smallest absolute Gasteiger partial charge is 0.258 e. The first kappa shape index (κ1) is 15.8. The molecule has 3 aromatic rings. The Balaban J connectivity index is 1.60. The van der Waals surface area contributed by atoms with Crippen molar-refractivity contribution < 1.29 is 9.47 Å². The first-order chi connectivity index (χ1) is 12.1. The van der Waals surface area contributed by atoms with Crippen molar-refractivity contribution in [2.45, 2.75) is 13.5 Å².